The fourth-order valence-corrected chi connectivity index (χ4v) is 2.45. The van der Waals surface area contributed by atoms with Crippen LogP contribution in [0.4, 0.5) is 0 Å². The van der Waals surface area contributed by atoms with Crippen LogP contribution in [-0.4, -0.2) is 23.7 Å². The molecule has 0 saturated heterocycles. The van der Waals surface area contributed by atoms with Crippen molar-refractivity contribution in [2.75, 3.05) is 6.54 Å². The summed E-state index contributed by atoms with van der Waals surface area (Å²) in [6, 6.07) is 0.557. The van der Waals surface area contributed by atoms with E-state index in [1.807, 2.05) is 6.92 Å². The van der Waals surface area contributed by atoms with E-state index in [-0.39, 0.29) is 5.92 Å². The normalized spacial score (nSPS) is 20.3. The van der Waals surface area contributed by atoms with Crippen LogP contribution in [0.1, 0.15) is 58.3 Å². The Morgan fingerprint density at radius 2 is 1.94 bits per heavy atom. The van der Waals surface area contributed by atoms with E-state index >= 15 is 0 Å². The molecule has 0 aromatic rings. The molecule has 1 aliphatic rings. The second kappa shape index (κ2) is 7.66. The highest BCUT2D eigenvalue weighted by Gasteiger charge is 2.18. The minimum Gasteiger partial charge on any atom is -0.481 e. The molecule has 16 heavy (non-hydrogen) atoms. The topological polar surface area (TPSA) is 49.3 Å². The van der Waals surface area contributed by atoms with Crippen LogP contribution in [0.25, 0.3) is 0 Å². The van der Waals surface area contributed by atoms with E-state index in [1.54, 1.807) is 0 Å². The molecule has 0 heterocycles. The Hall–Kier alpha value is -0.570. The smallest absolute Gasteiger partial charge is 0.307 e. The maximum absolute atomic E-state index is 11.0. The first kappa shape index (κ1) is 13.5. The summed E-state index contributed by atoms with van der Waals surface area (Å²) in [6.45, 7) is 2.69. The van der Waals surface area contributed by atoms with Crippen molar-refractivity contribution < 1.29 is 9.90 Å². The van der Waals surface area contributed by atoms with Gasteiger partial charge in [0.25, 0.3) is 0 Å². The van der Waals surface area contributed by atoms with Crippen molar-refractivity contribution in [1.29, 1.82) is 0 Å². The highest BCUT2D eigenvalue weighted by atomic mass is 16.4. The summed E-state index contributed by atoms with van der Waals surface area (Å²) in [5, 5.41) is 12.5. The number of aliphatic carboxylic acids is 1. The molecule has 1 aliphatic carbocycles. The van der Waals surface area contributed by atoms with Crippen molar-refractivity contribution >= 4 is 5.97 Å². The second-order valence-corrected chi connectivity index (χ2v) is 4.92. The third kappa shape index (κ3) is 4.97. The SMILES string of the molecule is CCCC(CNC1CCCCCC1)C(=O)O. The Labute approximate surface area is 98.6 Å². The monoisotopic (exact) mass is 227 g/mol. The van der Waals surface area contributed by atoms with Gasteiger partial charge >= 0.3 is 5.97 Å². The van der Waals surface area contributed by atoms with Gasteiger partial charge < -0.3 is 10.4 Å². The van der Waals surface area contributed by atoms with Crippen LogP contribution < -0.4 is 5.32 Å². The van der Waals surface area contributed by atoms with Crippen molar-refractivity contribution in [1.82, 2.24) is 5.32 Å². The number of nitrogens with one attached hydrogen (secondary N) is 1. The van der Waals surface area contributed by atoms with E-state index in [0.29, 0.717) is 12.6 Å². The number of carboxylic acids is 1. The van der Waals surface area contributed by atoms with Gasteiger partial charge in [-0.1, -0.05) is 39.0 Å². The zero-order valence-electron chi connectivity index (χ0n) is 10.4. The summed E-state index contributed by atoms with van der Waals surface area (Å²) in [6.07, 6.45) is 9.45. The lowest BCUT2D eigenvalue weighted by molar-refractivity contribution is -0.141. The van der Waals surface area contributed by atoms with Gasteiger partial charge in [-0.05, 0) is 19.3 Å². The molecule has 0 spiro atoms. The molecule has 3 heteroatoms. The summed E-state index contributed by atoms with van der Waals surface area (Å²) in [5.41, 5.74) is 0. The summed E-state index contributed by atoms with van der Waals surface area (Å²) in [5.74, 6) is -0.851. The van der Waals surface area contributed by atoms with Gasteiger partial charge in [0.15, 0.2) is 0 Å². The van der Waals surface area contributed by atoms with Crippen LogP contribution in [-0.2, 0) is 4.79 Å². The molecule has 0 amide bonds. The van der Waals surface area contributed by atoms with E-state index < -0.39 is 5.97 Å². The molecular weight excluding hydrogens is 202 g/mol. The lowest BCUT2D eigenvalue weighted by Gasteiger charge is -2.19. The van der Waals surface area contributed by atoms with Crippen LogP contribution in [0.5, 0.6) is 0 Å². The first-order chi connectivity index (χ1) is 7.74. The highest BCUT2D eigenvalue weighted by molar-refractivity contribution is 5.70. The van der Waals surface area contributed by atoms with Crippen molar-refractivity contribution in [3.05, 3.63) is 0 Å². The average Bonchev–Trinajstić information content (AvgIpc) is 2.52. The molecular formula is C13H25NO2. The first-order valence-electron chi connectivity index (χ1n) is 6.70. The Balaban J connectivity index is 2.26. The van der Waals surface area contributed by atoms with Gasteiger partial charge in [-0.25, -0.2) is 0 Å². The summed E-state index contributed by atoms with van der Waals surface area (Å²) < 4.78 is 0. The molecule has 0 bridgehead atoms. The number of carbonyl (C=O) groups is 1. The van der Waals surface area contributed by atoms with Crippen LogP contribution in [0.3, 0.4) is 0 Å². The first-order valence-corrected chi connectivity index (χ1v) is 6.70. The fraction of sp³-hybridized carbons (Fsp3) is 0.923. The fourth-order valence-electron chi connectivity index (χ4n) is 2.45. The van der Waals surface area contributed by atoms with Crippen LogP contribution in [0.15, 0.2) is 0 Å². The summed E-state index contributed by atoms with van der Waals surface area (Å²) in [4.78, 5) is 11.0. The average molecular weight is 227 g/mol. The van der Waals surface area contributed by atoms with Gasteiger partial charge in [0.05, 0.1) is 5.92 Å². The zero-order chi connectivity index (χ0) is 11.8. The van der Waals surface area contributed by atoms with Gasteiger partial charge in [0, 0.05) is 12.6 Å². The summed E-state index contributed by atoms with van der Waals surface area (Å²) in [7, 11) is 0. The number of hydrogen-bond acceptors (Lipinski definition) is 2. The molecule has 1 unspecified atom stereocenters. The Kier molecular flexibility index (Phi) is 6.46. The number of rotatable bonds is 6. The zero-order valence-corrected chi connectivity index (χ0v) is 10.4. The maximum Gasteiger partial charge on any atom is 0.307 e. The van der Waals surface area contributed by atoms with Gasteiger partial charge in [-0.2, -0.15) is 0 Å². The van der Waals surface area contributed by atoms with E-state index in [1.165, 1.54) is 38.5 Å². The molecule has 0 aromatic heterocycles. The summed E-state index contributed by atoms with van der Waals surface area (Å²) >= 11 is 0. The molecule has 0 aliphatic heterocycles. The van der Waals surface area contributed by atoms with Crippen molar-refractivity contribution in [3.63, 3.8) is 0 Å². The van der Waals surface area contributed by atoms with E-state index in [2.05, 4.69) is 5.32 Å². The highest BCUT2D eigenvalue weighted by Crippen LogP contribution is 2.17. The lowest BCUT2D eigenvalue weighted by atomic mass is 10.0. The third-order valence-corrected chi connectivity index (χ3v) is 3.49. The van der Waals surface area contributed by atoms with Crippen LogP contribution in [0.2, 0.25) is 0 Å². The predicted molar refractivity (Wildman–Crippen MR) is 65.5 cm³/mol. The predicted octanol–water partition coefficient (Wildman–Crippen LogP) is 2.80. The largest absolute Gasteiger partial charge is 0.481 e. The minimum atomic E-state index is -0.650. The van der Waals surface area contributed by atoms with E-state index in [9.17, 15) is 4.79 Å². The van der Waals surface area contributed by atoms with Crippen molar-refractivity contribution in [3.8, 4) is 0 Å². The Bertz CT molecular complexity index is 198. The quantitative estimate of drug-likeness (QED) is 0.686. The second-order valence-electron chi connectivity index (χ2n) is 4.92. The maximum atomic E-state index is 11.0. The molecule has 1 rings (SSSR count). The Morgan fingerprint density at radius 3 is 2.44 bits per heavy atom. The van der Waals surface area contributed by atoms with E-state index in [4.69, 9.17) is 5.11 Å². The molecule has 1 atom stereocenters. The molecule has 0 aromatic carbocycles. The van der Waals surface area contributed by atoms with Crippen molar-refractivity contribution in [2.24, 2.45) is 5.92 Å². The third-order valence-electron chi connectivity index (χ3n) is 3.49. The van der Waals surface area contributed by atoms with Gasteiger partial charge in [-0.3, -0.25) is 4.79 Å². The van der Waals surface area contributed by atoms with Gasteiger partial charge in [0.1, 0.15) is 0 Å². The molecule has 1 fully saturated rings. The molecule has 0 radical (unpaired) electrons. The van der Waals surface area contributed by atoms with Gasteiger partial charge in [-0.15, -0.1) is 0 Å². The van der Waals surface area contributed by atoms with Gasteiger partial charge in [0.2, 0.25) is 0 Å². The molecule has 3 nitrogen and oxygen atoms in total. The van der Waals surface area contributed by atoms with Crippen LogP contribution >= 0.6 is 0 Å². The number of hydrogen-bond donors (Lipinski definition) is 2. The standard InChI is InChI=1S/C13H25NO2/c1-2-7-11(13(15)16)10-14-12-8-5-3-4-6-9-12/h11-12,14H,2-10H2,1H3,(H,15,16). The van der Waals surface area contributed by atoms with Crippen LogP contribution in [0, 0.1) is 5.92 Å². The molecule has 2 N–H and O–H groups in total. The van der Waals surface area contributed by atoms with Crippen molar-refractivity contribution in [2.45, 2.75) is 64.3 Å². The number of carboxylic acid groups (broad SMARTS) is 1. The minimum absolute atomic E-state index is 0.201. The lowest BCUT2D eigenvalue weighted by Crippen LogP contribution is -2.35. The Morgan fingerprint density at radius 1 is 1.31 bits per heavy atom. The molecule has 1 saturated carbocycles. The molecule has 94 valence electrons. The van der Waals surface area contributed by atoms with E-state index in [0.717, 1.165) is 12.8 Å².